The molecule has 0 unspecified atom stereocenters. The van der Waals surface area contributed by atoms with Gasteiger partial charge in [-0.3, -0.25) is 24.4 Å². The fourth-order valence-corrected chi connectivity index (χ4v) is 9.22. The molecule has 0 bridgehead atoms. The number of benzene rings is 2. The molecule has 53 heavy (non-hydrogen) atoms. The van der Waals surface area contributed by atoms with E-state index in [4.69, 9.17) is 42.4 Å². The van der Waals surface area contributed by atoms with Crippen LogP contribution in [0.2, 0.25) is 10.0 Å². The summed E-state index contributed by atoms with van der Waals surface area (Å²) < 4.78 is 16.6. The highest BCUT2D eigenvalue weighted by Crippen LogP contribution is 2.44. The van der Waals surface area contributed by atoms with Crippen molar-refractivity contribution < 1.29 is 23.8 Å². The van der Waals surface area contributed by atoms with Crippen molar-refractivity contribution in [1.29, 1.82) is 0 Å². The Morgan fingerprint density at radius 3 is 2.23 bits per heavy atom. The highest BCUT2D eigenvalue weighted by Gasteiger charge is 2.53. The largest absolute Gasteiger partial charge is 0.496 e. The van der Waals surface area contributed by atoms with E-state index >= 15 is 0 Å². The van der Waals surface area contributed by atoms with Crippen LogP contribution in [0.3, 0.4) is 0 Å². The zero-order chi connectivity index (χ0) is 36.9. The highest BCUT2D eigenvalue weighted by atomic mass is 35.5. The third kappa shape index (κ3) is 6.74. The summed E-state index contributed by atoms with van der Waals surface area (Å²) in [6, 6.07) is 17.8. The maximum absolute atomic E-state index is 12.1. The summed E-state index contributed by atoms with van der Waals surface area (Å²) in [6.07, 6.45) is 2.34. The molecule has 0 atom stereocenters. The van der Waals surface area contributed by atoms with E-state index in [0.29, 0.717) is 40.3 Å². The van der Waals surface area contributed by atoms with E-state index in [2.05, 4.69) is 26.2 Å². The number of nitrogens with zero attached hydrogens (tertiary/aromatic N) is 5. The van der Waals surface area contributed by atoms with Crippen molar-refractivity contribution in [2.75, 3.05) is 73.7 Å². The summed E-state index contributed by atoms with van der Waals surface area (Å²) in [4.78, 5) is 40.0. The molecule has 4 aliphatic heterocycles. The van der Waals surface area contributed by atoms with Crippen molar-refractivity contribution in [2.24, 2.45) is 10.8 Å². The average molecular weight is 758 g/mol. The van der Waals surface area contributed by atoms with Crippen LogP contribution in [0.4, 0.5) is 0 Å². The van der Waals surface area contributed by atoms with Crippen molar-refractivity contribution in [3.8, 4) is 45.3 Å². The van der Waals surface area contributed by atoms with Crippen LogP contribution in [0.25, 0.3) is 33.6 Å². The van der Waals surface area contributed by atoms with Gasteiger partial charge in [0.25, 0.3) is 0 Å². The number of carbonyl (C=O) groups is 2. The van der Waals surface area contributed by atoms with Gasteiger partial charge < -0.3 is 24.4 Å². The topological polar surface area (TPSA) is 109 Å². The molecule has 4 aromatic rings. The maximum Gasteiger partial charge on any atom is 0.248 e. The molecule has 0 radical (unpaired) electrons. The zero-order valence-electron chi connectivity index (χ0n) is 30.1. The molecule has 2 aromatic heterocycles. The fraction of sp³-hybridized carbons (Fsp3) is 0.400. The third-order valence-corrected chi connectivity index (χ3v) is 11.8. The van der Waals surface area contributed by atoms with Gasteiger partial charge in [-0.1, -0.05) is 59.6 Å². The first-order valence-corrected chi connectivity index (χ1v) is 18.5. The summed E-state index contributed by atoms with van der Waals surface area (Å²) in [5.41, 5.74) is 6.74. The molecule has 2 aromatic carbocycles. The number of nitrogens with one attached hydrogen (secondary N) is 1. The summed E-state index contributed by atoms with van der Waals surface area (Å²) in [5.74, 6) is 1.50. The van der Waals surface area contributed by atoms with Crippen LogP contribution in [0.5, 0.6) is 11.6 Å². The first kappa shape index (κ1) is 35.8. The van der Waals surface area contributed by atoms with Gasteiger partial charge in [-0.15, -0.1) is 0 Å². The van der Waals surface area contributed by atoms with E-state index in [1.807, 2.05) is 53.4 Å². The van der Waals surface area contributed by atoms with Gasteiger partial charge in [-0.05, 0) is 18.2 Å². The van der Waals surface area contributed by atoms with E-state index in [9.17, 15) is 9.59 Å². The summed E-state index contributed by atoms with van der Waals surface area (Å²) >= 11 is 14.3. The Morgan fingerprint density at radius 2 is 1.53 bits per heavy atom. The lowest BCUT2D eigenvalue weighted by molar-refractivity contribution is -0.163. The lowest BCUT2D eigenvalue weighted by Crippen LogP contribution is -2.72. The Hall–Kier alpha value is -4.26. The number of halogens is 2. The molecule has 0 saturated carbocycles. The number of hydrogen-bond donors (Lipinski definition) is 1. The second-order valence-electron chi connectivity index (χ2n) is 15.0. The van der Waals surface area contributed by atoms with Gasteiger partial charge in [-0.2, -0.15) is 0 Å². The number of carbonyl (C=O) groups excluding carboxylic acids is 2. The molecule has 0 aliphatic carbocycles. The van der Waals surface area contributed by atoms with E-state index in [1.54, 1.807) is 27.5 Å². The van der Waals surface area contributed by atoms with Gasteiger partial charge in [0.2, 0.25) is 17.7 Å². The van der Waals surface area contributed by atoms with Crippen molar-refractivity contribution in [3.63, 3.8) is 0 Å². The second-order valence-corrected chi connectivity index (χ2v) is 15.8. The van der Waals surface area contributed by atoms with Crippen molar-refractivity contribution in [1.82, 2.24) is 30.0 Å². The smallest absolute Gasteiger partial charge is 0.248 e. The van der Waals surface area contributed by atoms with Gasteiger partial charge in [0, 0.05) is 123 Å². The molecule has 6 heterocycles. The summed E-state index contributed by atoms with van der Waals surface area (Å²) in [5, 5.41) is 3.98. The van der Waals surface area contributed by atoms with Gasteiger partial charge in [0.1, 0.15) is 12.4 Å². The molecule has 2 spiro atoms. The van der Waals surface area contributed by atoms with E-state index in [-0.39, 0.29) is 29.3 Å². The number of aromatic nitrogens is 2. The third-order valence-electron chi connectivity index (χ3n) is 11.0. The van der Waals surface area contributed by atoms with Crippen molar-refractivity contribution >= 4 is 35.0 Å². The Kier molecular flexibility index (Phi) is 9.57. The summed E-state index contributed by atoms with van der Waals surface area (Å²) in [7, 11) is 4.85. The highest BCUT2D eigenvalue weighted by molar-refractivity contribution is 6.39. The van der Waals surface area contributed by atoms with E-state index in [0.717, 1.165) is 91.5 Å². The minimum Gasteiger partial charge on any atom is -0.496 e. The average Bonchev–Trinajstić information content (AvgIpc) is 3.50. The number of likely N-dealkylation sites (tertiary alicyclic amines) is 3. The molecule has 13 heteroatoms. The van der Waals surface area contributed by atoms with Crippen LogP contribution < -0.4 is 14.8 Å². The van der Waals surface area contributed by atoms with Crippen LogP contribution in [-0.2, 0) is 27.4 Å². The summed E-state index contributed by atoms with van der Waals surface area (Å²) in [6.45, 7) is 7.51. The first-order valence-electron chi connectivity index (χ1n) is 17.8. The zero-order valence-corrected chi connectivity index (χ0v) is 31.6. The quantitative estimate of drug-likeness (QED) is 0.215. The lowest BCUT2D eigenvalue weighted by Gasteiger charge is -2.60. The number of hydrogen-bond acceptors (Lipinski definition) is 9. The number of pyridine rings is 2. The Morgan fingerprint density at radius 1 is 0.830 bits per heavy atom. The molecule has 4 fully saturated rings. The van der Waals surface area contributed by atoms with Gasteiger partial charge in [0.15, 0.2) is 0 Å². The van der Waals surface area contributed by atoms with Crippen LogP contribution >= 0.6 is 23.2 Å². The van der Waals surface area contributed by atoms with Gasteiger partial charge in [-0.25, -0.2) is 4.98 Å². The first-order chi connectivity index (χ1) is 25.6. The van der Waals surface area contributed by atoms with Crippen molar-refractivity contribution in [2.45, 2.75) is 19.5 Å². The predicted octanol–water partition coefficient (Wildman–Crippen LogP) is 5.41. The minimum atomic E-state index is 0.0491. The number of amides is 2. The molecule has 1 N–H and O–H groups in total. The molecular weight excluding hydrogens is 715 g/mol. The number of methoxy groups -OCH3 is 3. The minimum absolute atomic E-state index is 0.0491. The second kappa shape index (κ2) is 14.2. The predicted molar refractivity (Wildman–Crippen MR) is 203 cm³/mol. The van der Waals surface area contributed by atoms with Crippen LogP contribution in [0.1, 0.15) is 17.5 Å². The molecule has 11 nitrogen and oxygen atoms in total. The van der Waals surface area contributed by atoms with E-state index < -0.39 is 0 Å². The van der Waals surface area contributed by atoms with Gasteiger partial charge in [0.05, 0.1) is 35.7 Å². The molecule has 8 rings (SSSR count). The Balaban J connectivity index is 0.974. The van der Waals surface area contributed by atoms with Crippen molar-refractivity contribution in [3.05, 3.63) is 82.0 Å². The number of rotatable bonds is 11. The Bertz CT molecular complexity index is 2070. The lowest BCUT2D eigenvalue weighted by atomic mass is 9.72. The van der Waals surface area contributed by atoms with Crippen LogP contribution in [-0.4, -0.2) is 110 Å². The van der Waals surface area contributed by atoms with Crippen LogP contribution in [0.15, 0.2) is 60.8 Å². The molecule has 276 valence electrons. The van der Waals surface area contributed by atoms with E-state index in [1.165, 1.54) is 0 Å². The standard InChI is InChI=1S/C40H42Cl2N6O5/c1-51-17-34(50)48-23-40(24-48)21-47(22-40)16-27-9-10-31(45-38(27)53-3)30-6-4-5-28(35(30)41)29-11-12-43-37(36(29)42)25-7-8-26(32(13-25)52-2)15-46-19-39(20-46)14-33(49)44-18-39/h4-13H,14-24H2,1-3H3,(H,44,49). The molecular formula is C40H42Cl2N6O5. The molecule has 4 saturated heterocycles. The maximum atomic E-state index is 12.1. The number of ether oxygens (including phenoxy) is 3. The van der Waals surface area contributed by atoms with Crippen LogP contribution in [0, 0.1) is 10.8 Å². The Labute approximate surface area is 319 Å². The van der Waals surface area contributed by atoms with Gasteiger partial charge >= 0.3 is 0 Å². The monoisotopic (exact) mass is 756 g/mol. The normalized spacial score (nSPS) is 18.7. The molecule has 4 aliphatic rings. The fourth-order valence-electron chi connectivity index (χ4n) is 8.57. The SMILES string of the molecule is COCC(=O)N1CC2(CN(Cc3ccc(-c4cccc(-c5ccnc(-c6ccc(CN7CC8(CNC(=O)C8)C7)c(OC)c6)c5Cl)c4Cl)nc3OC)C2)C1. The molecule has 2 amide bonds.